The fourth-order valence-electron chi connectivity index (χ4n) is 3.45. The highest BCUT2D eigenvalue weighted by molar-refractivity contribution is 6.03. The van der Waals surface area contributed by atoms with Gasteiger partial charge in [-0.3, -0.25) is 19.8 Å². The third kappa shape index (κ3) is 5.00. The van der Waals surface area contributed by atoms with Gasteiger partial charge in [-0.2, -0.15) is 18.3 Å². The Morgan fingerprint density at radius 1 is 1.10 bits per heavy atom. The van der Waals surface area contributed by atoms with Gasteiger partial charge in [0.05, 0.1) is 22.6 Å². The quantitative estimate of drug-likeness (QED) is 0.646. The standard InChI is InChI=1S/C20H20F3N7O/c21-20(22,23)14-4-5-17(16(11-14)27-19(31)18-25-13-26-28-18)30-9-7-29(8-10-30)12-15-3-1-2-6-24-15/h1-6,11,13H,7-10,12H2,(H,27,31)(H,25,26,28). The molecule has 4 rings (SSSR count). The molecule has 1 fully saturated rings. The van der Waals surface area contributed by atoms with Crippen molar-refractivity contribution in [2.24, 2.45) is 0 Å². The number of aromatic amines is 1. The Kier molecular flexibility index (Phi) is 5.85. The number of aromatic nitrogens is 4. The van der Waals surface area contributed by atoms with Gasteiger partial charge in [-0.05, 0) is 30.3 Å². The number of alkyl halides is 3. The van der Waals surface area contributed by atoms with Gasteiger partial charge in [-0.25, -0.2) is 4.98 Å². The number of nitrogens with zero attached hydrogens (tertiary/aromatic N) is 5. The van der Waals surface area contributed by atoms with Gasteiger partial charge < -0.3 is 10.2 Å². The normalized spacial score (nSPS) is 15.1. The number of pyridine rings is 1. The number of carbonyl (C=O) groups is 1. The van der Waals surface area contributed by atoms with E-state index in [2.05, 4.69) is 30.4 Å². The molecule has 2 aromatic heterocycles. The maximum atomic E-state index is 13.2. The summed E-state index contributed by atoms with van der Waals surface area (Å²) in [6.45, 7) is 3.34. The smallest absolute Gasteiger partial charge is 0.367 e. The molecule has 0 spiro atoms. The van der Waals surface area contributed by atoms with E-state index in [0.717, 1.165) is 24.2 Å². The molecule has 1 saturated heterocycles. The van der Waals surface area contributed by atoms with Crippen LogP contribution in [-0.2, 0) is 12.7 Å². The Morgan fingerprint density at radius 3 is 2.55 bits per heavy atom. The zero-order chi connectivity index (χ0) is 21.8. The molecule has 2 N–H and O–H groups in total. The van der Waals surface area contributed by atoms with E-state index in [0.29, 0.717) is 38.4 Å². The molecule has 162 valence electrons. The van der Waals surface area contributed by atoms with Crippen molar-refractivity contribution in [1.29, 1.82) is 0 Å². The van der Waals surface area contributed by atoms with Crippen molar-refractivity contribution in [1.82, 2.24) is 25.1 Å². The third-order valence-corrected chi connectivity index (χ3v) is 5.03. The van der Waals surface area contributed by atoms with E-state index >= 15 is 0 Å². The summed E-state index contributed by atoms with van der Waals surface area (Å²) in [4.78, 5) is 24.6. The van der Waals surface area contributed by atoms with Crippen LogP contribution in [0.4, 0.5) is 24.5 Å². The number of nitrogens with one attached hydrogen (secondary N) is 2. The highest BCUT2D eigenvalue weighted by atomic mass is 19.4. The molecule has 8 nitrogen and oxygen atoms in total. The maximum Gasteiger partial charge on any atom is 0.416 e. The van der Waals surface area contributed by atoms with Crippen LogP contribution in [0.5, 0.6) is 0 Å². The molecule has 1 aromatic carbocycles. The van der Waals surface area contributed by atoms with Crippen LogP contribution in [0.1, 0.15) is 21.9 Å². The topological polar surface area (TPSA) is 90.0 Å². The predicted molar refractivity (Wildman–Crippen MR) is 108 cm³/mol. The minimum atomic E-state index is -4.52. The monoisotopic (exact) mass is 431 g/mol. The molecular weight excluding hydrogens is 411 g/mol. The Labute approximate surface area is 176 Å². The van der Waals surface area contributed by atoms with Crippen LogP contribution in [0.15, 0.2) is 48.9 Å². The fraction of sp³-hybridized carbons (Fsp3) is 0.300. The second-order valence-corrected chi connectivity index (χ2v) is 7.10. The van der Waals surface area contributed by atoms with Crippen LogP contribution >= 0.6 is 0 Å². The summed E-state index contributed by atoms with van der Waals surface area (Å²) in [6, 6.07) is 9.13. The summed E-state index contributed by atoms with van der Waals surface area (Å²) in [5.74, 6) is -0.740. The fourth-order valence-corrected chi connectivity index (χ4v) is 3.45. The summed E-state index contributed by atoms with van der Waals surface area (Å²) in [6.07, 6.45) is -1.62. The first-order valence-corrected chi connectivity index (χ1v) is 9.65. The van der Waals surface area contributed by atoms with E-state index in [4.69, 9.17) is 0 Å². The zero-order valence-electron chi connectivity index (χ0n) is 16.4. The van der Waals surface area contributed by atoms with Crippen molar-refractivity contribution >= 4 is 17.3 Å². The first-order valence-electron chi connectivity index (χ1n) is 9.65. The number of hydrogen-bond donors (Lipinski definition) is 2. The van der Waals surface area contributed by atoms with Gasteiger partial charge in [-0.15, -0.1) is 0 Å². The maximum absolute atomic E-state index is 13.2. The number of hydrogen-bond acceptors (Lipinski definition) is 6. The minimum Gasteiger partial charge on any atom is -0.367 e. The van der Waals surface area contributed by atoms with E-state index < -0.39 is 17.6 Å². The van der Waals surface area contributed by atoms with Gasteiger partial charge in [0.2, 0.25) is 5.82 Å². The van der Waals surface area contributed by atoms with Gasteiger partial charge in [0.15, 0.2) is 0 Å². The van der Waals surface area contributed by atoms with Crippen molar-refractivity contribution in [3.8, 4) is 0 Å². The average molecular weight is 431 g/mol. The van der Waals surface area contributed by atoms with Gasteiger partial charge in [0, 0.05) is 38.9 Å². The van der Waals surface area contributed by atoms with E-state index in [9.17, 15) is 18.0 Å². The lowest BCUT2D eigenvalue weighted by atomic mass is 10.1. The van der Waals surface area contributed by atoms with Crippen molar-refractivity contribution in [3.05, 3.63) is 66.0 Å². The Morgan fingerprint density at radius 2 is 1.90 bits per heavy atom. The van der Waals surface area contributed by atoms with E-state index in [1.165, 1.54) is 6.07 Å². The molecule has 0 radical (unpaired) electrons. The van der Waals surface area contributed by atoms with Gasteiger partial charge in [-0.1, -0.05) is 6.07 Å². The lowest BCUT2D eigenvalue weighted by Crippen LogP contribution is -2.46. The molecule has 11 heteroatoms. The van der Waals surface area contributed by atoms with Crippen molar-refractivity contribution in [3.63, 3.8) is 0 Å². The first-order chi connectivity index (χ1) is 14.9. The number of anilines is 2. The third-order valence-electron chi connectivity index (χ3n) is 5.03. The summed E-state index contributed by atoms with van der Waals surface area (Å²) in [5.41, 5.74) is 0.733. The number of amides is 1. The Bertz CT molecular complexity index is 1020. The number of carbonyl (C=O) groups excluding carboxylic acids is 1. The lowest BCUT2D eigenvalue weighted by molar-refractivity contribution is -0.137. The highest BCUT2D eigenvalue weighted by Crippen LogP contribution is 2.36. The summed E-state index contributed by atoms with van der Waals surface area (Å²) in [7, 11) is 0. The number of H-pyrrole nitrogens is 1. The molecule has 0 aliphatic carbocycles. The van der Waals surface area contributed by atoms with Crippen molar-refractivity contribution in [2.45, 2.75) is 12.7 Å². The molecule has 1 aliphatic rings. The van der Waals surface area contributed by atoms with Gasteiger partial charge in [0.1, 0.15) is 6.33 Å². The largest absolute Gasteiger partial charge is 0.416 e. The SMILES string of the molecule is O=C(Nc1cc(C(F)(F)F)ccc1N1CCN(Cc2ccccn2)CC1)c1ncn[nH]1. The van der Waals surface area contributed by atoms with E-state index in [1.54, 1.807) is 6.20 Å². The number of halogens is 3. The number of piperazine rings is 1. The average Bonchev–Trinajstić information content (AvgIpc) is 3.30. The molecule has 0 saturated carbocycles. The number of benzene rings is 1. The zero-order valence-corrected chi connectivity index (χ0v) is 16.4. The second kappa shape index (κ2) is 8.72. The van der Waals surface area contributed by atoms with Gasteiger partial charge in [0.25, 0.3) is 5.91 Å². The molecule has 0 bridgehead atoms. The molecular formula is C20H20F3N7O. The molecule has 31 heavy (non-hydrogen) atoms. The van der Waals surface area contributed by atoms with Crippen molar-refractivity contribution < 1.29 is 18.0 Å². The summed E-state index contributed by atoms with van der Waals surface area (Å²) < 4.78 is 39.7. The first kappa shape index (κ1) is 20.8. The molecule has 0 unspecified atom stereocenters. The molecule has 1 amide bonds. The van der Waals surface area contributed by atoms with E-state index in [1.807, 2.05) is 23.1 Å². The van der Waals surface area contributed by atoms with Gasteiger partial charge >= 0.3 is 6.18 Å². The van der Waals surface area contributed by atoms with Crippen LogP contribution in [0.25, 0.3) is 0 Å². The van der Waals surface area contributed by atoms with Crippen molar-refractivity contribution in [2.75, 3.05) is 36.4 Å². The minimum absolute atomic E-state index is 0.0781. The Balaban J connectivity index is 1.51. The van der Waals surface area contributed by atoms with Crippen LogP contribution in [0.3, 0.4) is 0 Å². The van der Waals surface area contributed by atoms with Crippen LogP contribution in [0.2, 0.25) is 0 Å². The van der Waals surface area contributed by atoms with Crippen LogP contribution in [-0.4, -0.2) is 57.2 Å². The molecule has 3 heterocycles. The molecule has 1 aliphatic heterocycles. The van der Waals surface area contributed by atoms with Crippen LogP contribution < -0.4 is 10.2 Å². The summed E-state index contributed by atoms with van der Waals surface area (Å²) >= 11 is 0. The molecule has 3 aromatic rings. The van der Waals surface area contributed by atoms with E-state index in [-0.39, 0.29) is 11.5 Å². The predicted octanol–water partition coefficient (Wildman–Crippen LogP) is 2.79. The second-order valence-electron chi connectivity index (χ2n) is 7.10. The lowest BCUT2D eigenvalue weighted by Gasteiger charge is -2.37. The summed E-state index contributed by atoms with van der Waals surface area (Å²) in [5, 5.41) is 8.54. The Hall–Kier alpha value is -3.47. The molecule has 0 atom stereocenters. The van der Waals surface area contributed by atoms with Crippen LogP contribution in [0, 0.1) is 0 Å². The number of rotatable bonds is 5. The highest BCUT2D eigenvalue weighted by Gasteiger charge is 2.32.